The molecule has 1 heterocycles. The number of carbonyl (C=O) groups excluding carboxylic acids is 2. The fourth-order valence-corrected chi connectivity index (χ4v) is 4.34. The minimum Gasteiger partial charge on any atom is -0.490 e. The zero-order chi connectivity index (χ0) is 24.6. The number of carbonyl (C=O) groups is 2. The number of para-hydroxylation sites is 1. The number of nitrogens with one attached hydrogen (secondary N) is 1. The van der Waals surface area contributed by atoms with Crippen LogP contribution < -0.4 is 10.1 Å². The van der Waals surface area contributed by atoms with E-state index in [-0.39, 0.29) is 24.0 Å². The van der Waals surface area contributed by atoms with Gasteiger partial charge in [-0.05, 0) is 36.6 Å². The largest absolute Gasteiger partial charge is 0.490 e. The molecule has 5 nitrogen and oxygen atoms in total. The van der Waals surface area contributed by atoms with Crippen molar-refractivity contribution in [2.75, 3.05) is 7.05 Å². The average molecular weight is 469 g/mol. The molecule has 3 atom stereocenters. The number of rotatable bonds is 3. The van der Waals surface area contributed by atoms with Gasteiger partial charge < -0.3 is 15.0 Å². The third-order valence-electron chi connectivity index (χ3n) is 6.33. The summed E-state index contributed by atoms with van der Waals surface area (Å²) >= 11 is 0. The summed E-state index contributed by atoms with van der Waals surface area (Å²) in [5, 5.41) is 3.23. The van der Waals surface area contributed by atoms with Gasteiger partial charge in [0.25, 0.3) is 5.91 Å². The van der Waals surface area contributed by atoms with Crippen molar-refractivity contribution in [1.29, 1.82) is 0 Å². The summed E-state index contributed by atoms with van der Waals surface area (Å²) in [5.74, 6) is 0.104. The molecule has 1 aliphatic heterocycles. The second-order valence-electron chi connectivity index (χ2n) is 8.96. The van der Waals surface area contributed by atoms with E-state index in [0.29, 0.717) is 30.6 Å². The number of amides is 2. The van der Waals surface area contributed by atoms with E-state index in [4.69, 9.17) is 4.74 Å². The molecular weight excluding hydrogens is 436 g/mol. The molecule has 0 bridgehead atoms. The lowest BCUT2D eigenvalue weighted by atomic mass is 9.99. The maximum Gasteiger partial charge on any atom is 0.258 e. The molecule has 0 unspecified atom stereocenters. The molecule has 0 radical (unpaired) electrons. The maximum absolute atomic E-state index is 13.7. The van der Waals surface area contributed by atoms with Gasteiger partial charge in [-0.3, -0.25) is 9.59 Å². The molecular formula is C30H32N2O3. The lowest BCUT2D eigenvalue weighted by molar-refractivity contribution is -0.126. The van der Waals surface area contributed by atoms with Gasteiger partial charge in [0.1, 0.15) is 11.8 Å². The van der Waals surface area contributed by atoms with Crippen molar-refractivity contribution in [2.24, 2.45) is 0 Å². The summed E-state index contributed by atoms with van der Waals surface area (Å²) in [6.07, 6.45) is 5.83. The first-order valence-electron chi connectivity index (χ1n) is 12.1. The Kier molecular flexibility index (Phi) is 7.99. The molecule has 0 aliphatic carbocycles. The minimum absolute atomic E-state index is 0.0988. The summed E-state index contributed by atoms with van der Waals surface area (Å²) in [6, 6.07) is 26.1. The molecule has 180 valence electrons. The molecule has 1 N–H and O–H groups in total. The van der Waals surface area contributed by atoms with E-state index in [0.717, 1.165) is 11.1 Å². The van der Waals surface area contributed by atoms with E-state index in [2.05, 4.69) is 17.5 Å². The highest BCUT2D eigenvalue weighted by molar-refractivity contribution is 5.99. The van der Waals surface area contributed by atoms with Crippen LogP contribution in [-0.4, -0.2) is 35.9 Å². The normalized spacial score (nSPS) is 22.3. The van der Waals surface area contributed by atoms with E-state index < -0.39 is 6.04 Å². The predicted molar refractivity (Wildman–Crippen MR) is 138 cm³/mol. The molecule has 5 heteroatoms. The maximum atomic E-state index is 13.7. The predicted octanol–water partition coefficient (Wildman–Crippen LogP) is 5.34. The van der Waals surface area contributed by atoms with Crippen molar-refractivity contribution in [3.8, 4) is 5.75 Å². The zero-order valence-corrected chi connectivity index (χ0v) is 20.3. The number of nitrogens with zero attached hydrogens (tertiary/aromatic N) is 1. The Morgan fingerprint density at radius 1 is 0.857 bits per heavy atom. The molecule has 0 fully saturated rings. The summed E-state index contributed by atoms with van der Waals surface area (Å²) in [4.78, 5) is 28.9. The van der Waals surface area contributed by atoms with Crippen LogP contribution in [0.2, 0.25) is 0 Å². The van der Waals surface area contributed by atoms with Crippen LogP contribution in [0.5, 0.6) is 5.75 Å². The lowest BCUT2D eigenvalue weighted by Gasteiger charge is -2.30. The van der Waals surface area contributed by atoms with E-state index in [1.807, 2.05) is 85.8 Å². The summed E-state index contributed by atoms with van der Waals surface area (Å²) in [7, 11) is 1.69. The van der Waals surface area contributed by atoms with Crippen molar-refractivity contribution in [3.63, 3.8) is 0 Å². The first-order valence-corrected chi connectivity index (χ1v) is 12.1. The van der Waals surface area contributed by atoms with Gasteiger partial charge in [0.15, 0.2) is 0 Å². The Labute approximate surface area is 207 Å². The molecule has 4 rings (SSSR count). The van der Waals surface area contributed by atoms with Gasteiger partial charge in [0, 0.05) is 19.9 Å². The SMILES string of the molecule is C[C@@H]1C/C=C\C[C@@H](c2ccccc2)NC(=O)[C@H](Cc2ccccc2)N(C)C(=O)c2ccccc2O1. The Morgan fingerprint density at radius 2 is 1.49 bits per heavy atom. The van der Waals surface area contributed by atoms with Crippen LogP contribution >= 0.6 is 0 Å². The molecule has 3 aromatic rings. The average Bonchev–Trinajstić information content (AvgIpc) is 2.89. The van der Waals surface area contributed by atoms with Crippen LogP contribution in [0.15, 0.2) is 97.1 Å². The van der Waals surface area contributed by atoms with Crippen LogP contribution in [0.3, 0.4) is 0 Å². The number of fused-ring (bicyclic) bond motifs is 1. The highest BCUT2D eigenvalue weighted by Crippen LogP contribution is 2.25. The third-order valence-corrected chi connectivity index (χ3v) is 6.33. The van der Waals surface area contributed by atoms with Gasteiger partial charge in [-0.1, -0.05) is 84.9 Å². The Morgan fingerprint density at radius 3 is 2.23 bits per heavy atom. The molecule has 0 saturated heterocycles. The van der Waals surface area contributed by atoms with E-state index in [1.54, 1.807) is 18.0 Å². The Hall–Kier alpha value is -3.86. The minimum atomic E-state index is -0.687. The van der Waals surface area contributed by atoms with Gasteiger partial charge in [-0.2, -0.15) is 0 Å². The fourth-order valence-electron chi connectivity index (χ4n) is 4.34. The zero-order valence-electron chi connectivity index (χ0n) is 20.3. The van der Waals surface area contributed by atoms with E-state index in [1.165, 1.54) is 0 Å². The molecule has 0 aromatic heterocycles. The topological polar surface area (TPSA) is 58.6 Å². The monoisotopic (exact) mass is 468 g/mol. The van der Waals surface area contributed by atoms with Gasteiger partial charge >= 0.3 is 0 Å². The van der Waals surface area contributed by atoms with Crippen LogP contribution in [0, 0.1) is 0 Å². The number of benzene rings is 3. The lowest BCUT2D eigenvalue weighted by Crippen LogP contribution is -2.49. The van der Waals surface area contributed by atoms with Crippen molar-refractivity contribution in [2.45, 2.75) is 44.4 Å². The van der Waals surface area contributed by atoms with Gasteiger partial charge in [-0.25, -0.2) is 0 Å². The van der Waals surface area contributed by atoms with E-state index in [9.17, 15) is 9.59 Å². The summed E-state index contributed by atoms with van der Waals surface area (Å²) < 4.78 is 6.15. The van der Waals surface area contributed by atoms with Crippen molar-refractivity contribution >= 4 is 11.8 Å². The van der Waals surface area contributed by atoms with Crippen molar-refractivity contribution < 1.29 is 14.3 Å². The van der Waals surface area contributed by atoms with E-state index >= 15 is 0 Å². The second-order valence-corrected chi connectivity index (χ2v) is 8.96. The van der Waals surface area contributed by atoms with Gasteiger partial charge in [0.2, 0.25) is 5.91 Å². The first kappa shape index (κ1) is 24.3. The van der Waals surface area contributed by atoms with Crippen LogP contribution in [0.25, 0.3) is 0 Å². The number of hydrogen-bond donors (Lipinski definition) is 1. The summed E-state index contributed by atoms with van der Waals surface area (Å²) in [5.41, 5.74) is 2.47. The first-order chi connectivity index (χ1) is 17.0. The molecule has 0 saturated carbocycles. The number of hydrogen-bond acceptors (Lipinski definition) is 3. The fraction of sp³-hybridized carbons (Fsp3) is 0.267. The Balaban J connectivity index is 1.73. The van der Waals surface area contributed by atoms with Crippen LogP contribution in [-0.2, 0) is 11.2 Å². The second kappa shape index (κ2) is 11.5. The highest BCUT2D eigenvalue weighted by Gasteiger charge is 2.31. The molecule has 35 heavy (non-hydrogen) atoms. The smallest absolute Gasteiger partial charge is 0.258 e. The van der Waals surface area contributed by atoms with Crippen LogP contribution in [0.4, 0.5) is 0 Å². The van der Waals surface area contributed by atoms with Crippen LogP contribution in [0.1, 0.15) is 47.3 Å². The third kappa shape index (κ3) is 6.18. The number of likely N-dealkylation sites (N-methyl/N-ethyl adjacent to an activating group) is 1. The van der Waals surface area contributed by atoms with Crippen molar-refractivity contribution in [3.05, 3.63) is 114 Å². The van der Waals surface area contributed by atoms with Crippen molar-refractivity contribution in [1.82, 2.24) is 10.2 Å². The van der Waals surface area contributed by atoms with Gasteiger partial charge in [-0.15, -0.1) is 0 Å². The molecule has 2 amide bonds. The Bertz CT molecular complexity index is 1160. The molecule has 1 aliphatic rings. The summed E-state index contributed by atoms with van der Waals surface area (Å²) in [6.45, 7) is 2.00. The quantitative estimate of drug-likeness (QED) is 0.528. The standard InChI is InChI=1S/C30H32N2O3/c1-22-13-9-11-19-26(24-16-7-4-8-17-24)31-29(33)27(21-23-14-5-3-6-15-23)32(2)30(34)25-18-10-12-20-28(25)35-22/h3-12,14-18,20,22,26-27H,13,19,21H2,1-2H3,(H,31,33)/b11-9-/t22-,26+,27+/m1/s1. The molecule has 0 spiro atoms. The highest BCUT2D eigenvalue weighted by atomic mass is 16.5. The molecule has 3 aromatic carbocycles. The number of ether oxygens (including phenoxy) is 1. The van der Waals surface area contributed by atoms with Gasteiger partial charge in [0.05, 0.1) is 17.7 Å².